The van der Waals surface area contributed by atoms with E-state index >= 15 is 0 Å². The van der Waals surface area contributed by atoms with E-state index in [-0.39, 0.29) is 29.0 Å². The molecule has 0 aromatic heterocycles. The molecule has 2 aromatic carbocycles. The summed E-state index contributed by atoms with van der Waals surface area (Å²) in [6.45, 7) is 3.80. The molecule has 6 nitrogen and oxygen atoms in total. The van der Waals surface area contributed by atoms with E-state index in [1.807, 2.05) is 30.0 Å². The number of benzene rings is 2. The molecule has 1 atom stereocenters. The Labute approximate surface area is 177 Å². The lowest BCUT2D eigenvalue weighted by atomic mass is 10.0. The summed E-state index contributed by atoms with van der Waals surface area (Å²) in [6, 6.07) is 12.5. The molecule has 1 amide bonds. The third-order valence-electron chi connectivity index (χ3n) is 5.69. The standard InChI is InChI=1S/C23H27NO5S/c1-17-5-8-19(9-6-17)30(26,27)15-11-23(25)24-12-2-4-20(24)18-7-10-21-22(16-18)29-14-3-13-28-21/h5-10,16,20H,2-4,11-15H2,1H3. The SMILES string of the molecule is Cc1ccc(S(=O)(=O)CCC(=O)N2CCCC2c2ccc3c(c2)OCCCO3)cc1. The van der Waals surface area contributed by atoms with Crippen LogP contribution in [0.15, 0.2) is 47.4 Å². The van der Waals surface area contributed by atoms with Crippen LogP contribution in [0.25, 0.3) is 0 Å². The highest BCUT2D eigenvalue weighted by molar-refractivity contribution is 7.91. The van der Waals surface area contributed by atoms with Crippen LogP contribution >= 0.6 is 0 Å². The van der Waals surface area contributed by atoms with Gasteiger partial charge in [0.1, 0.15) is 0 Å². The zero-order chi connectivity index (χ0) is 21.1. The lowest BCUT2D eigenvalue weighted by molar-refractivity contribution is -0.131. The number of ether oxygens (including phenoxy) is 2. The normalized spacial score (nSPS) is 18.8. The molecule has 1 fully saturated rings. The van der Waals surface area contributed by atoms with E-state index in [0.29, 0.717) is 25.5 Å². The van der Waals surface area contributed by atoms with E-state index in [2.05, 4.69) is 0 Å². The predicted octanol–water partition coefficient (Wildman–Crippen LogP) is 3.68. The number of hydrogen-bond donors (Lipinski definition) is 0. The first kappa shape index (κ1) is 20.7. The van der Waals surface area contributed by atoms with Gasteiger partial charge in [0, 0.05) is 19.4 Å². The number of likely N-dealkylation sites (tertiary alicyclic amines) is 1. The van der Waals surface area contributed by atoms with Gasteiger partial charge >= 0.3 is 0 Å². The van der Waals surface area contributed by atoms with Crippen LogP contribution < -0.4 is 9.47 Å². The Kier molecular flexibility index (Phi) is 5.99. The van der Waals surface area contributed by atoms with Gasteiger partial charge in [0.25, 0.3) is 0 Å². The molecule has 2 heterocycles. The van der Waals surface area contributed by atoms with E-state index < -0.39 is 9.84 Å². The number of aryl methyl sites for hydroxylation is 1. The zero-order valence-electron chi connectivity index (χ0n) is 17.2. The molecular formula is C23H27NO5S. The fourth-order valence-corrected chi connectivity index (χ4v) is 5.26. The number of hydrogen-bond acceptors (Lipinski definition) is 5. The molecule has 0 saturated carbocycles. The maximum absolute atomic E-state index is 12.9. The quantitative estimate of drug-likeness (QED) is 0.725. The number of amides is 1. The molecule has 1 unspecified atom stereocenters. The largest absolute Gasteiger partial charge is 0.490 e. The van der Waals surface area contributed by atoms with E-state index in [4.69, 9.17) is 9.47 Å². The second-order valence-corrected chi connectivity index (χ2v) is 9.99. The van der Waals surface area contributed by atoms with Gasteiger partial charge in [0.2, 0.25) is 5.91 Å². The highest BCUT2D eigenvalue weighted by atomic mass is 32.2. The Bertz CT molecular complexity index is 1020. The highest BCUT2D eigenvalue weighted by Gasteiger charge is 2.31. The van der Waals surface area contributed by atoms with Crippen LogP contribution in [0, 0.1) is 6.92 Å². The molecular weight excluding hydrogens is 402 g/mol. The Morgan fingerprint density at radius 2 is 1.77 bits per heavy atom. The summed E-state index contributed by atoms with van der Waals surface area (Å²) in [4.78, 5) is 15.0. The molecule has 0 N–H and O–H groups in total. The minimum Gasteiger partial charge on any atom is -0.490 e. The molecule has 1 saturated heterocycles. The van der Waals surface area contributed by atoms with Crippen LogP contribution in [0.3, 0.4) is 0 Å². The van der Waals surface area contributed by atoms with E-state index in [1.54, 1.807) is 24.3 Å². The van der Waals surface area contributed by atoms with Crippen LogP contribution in [0.4, 0.5) is 0 Å². The maximum atomic E-state index is 12.9. The van der Waals surface area contributed by atoms with E-state index in [1.165, 1.54) is 0 Å². The smallest absolute Gasteiger partial charge is 0.224 e. The van der Waals surface area contributed by atoms with Gasteiger partial charge in [-0.05, 0) is 49.6 Å². The number of carbonyl (C=O) groups excluding carboxylic acids is 1. The van der Waals surface area contributed by atoms with Crippen molar-refractivity contribution in [1.29, 1.82) is 0 Å². The first-order chi connectivity index (χ1) is 14.4. The van der Waals surface area contributed by atoms with Crippen molar-refractivity contribution in [1.82, 2.24) is 4.90 Å². The van der Waals surface area contributed by atoms with Gasteiger partial charge in [0.05, 0.1) is 29.9 Å². The minimum atomic E-state index is -3.48. The Morgan fingerprint density at radius 1 is 1.03 bits per heavy atom. The highest BCUT2D eigenvalue weighted by Crippen LogP contribution is 2.38. The molecule has 0 aliphatic carbocycles. The molecule has 0 radical (unpaired) electrons. The van der Waals surface area contributed by atoms with Gasteiger partial charge < -0.3 is 14.4 Å². The van der Waals surface area contributed by atoms with Crippen LogP contribution in [0.1, 0.15) is 42.9 Å². The summed E-state index contributed by atoms with van der Waals surface area (Å²) < 4.78 is 36.7. The van der Waals surface area contributed by atoms with Gasteiger partial charge in [0.15, 0.2) is 21.3 Å². The van der Waals surface area contributed by atoms with Gasteiger partial charge in [-0.15, -0.1) is 0 Å². The van der Waals surface area contributed by atoms with Gasteiger partial charge in [-0.25, -0.2) is 8.42 Å². The van der Waals surface area contributed by atoms with Gasteiger partial charge in [-0.2, -0.15) is 0 Å². The lowest BCUT2D eigenvalue weighted by Gasteiger charge is -2.26. The molecule has 30 heavy (non-hydrogen) atoms. The number of nitrogens with zero attached hydrogens (tertiary/aromatic N) is 1. The Balaban J connectivity index is 1.45. The first-order valence-electron chi connectivity index (χ1n) is 10.4. The minimum absolute atomic E-state index is 0.0166. The number of carbonyl (C=O) groups is 1. The summed E-state index contributed by atoms with van der Waals surface area (Å²) in [5, 5.41) is 0. The van der Waals surface area contributed by atoms with Crippen LogP contribution in [-0.2, 0) is 14.6 Å². The molecule has 160 valence electrons. The summed E-state index contributed by atoms with van der Waals surface area (Å²) in [5.74, 6) is 1.14. The van der Waals surface area contributed by atoms with Crippen LogP contribution in [-0.4, -0.2) is 44.7 Å². The van der Waals surface area contributed by atoms with Crippen molar-refractivity contribution >= 4 is 15.7 Å². The molecule has 0 spiro atoms. The molecule has 2 aliphatic heterocycles. The fourth-order valence-electron chi connectivity index (χ4n) is 4.03. The summed E-state index contributed by atoms with van der Waals surface area (Å²) >= 11 is 0. The predicted molar refractivity (Wildman–Crippen MR) is 114 cm³/mol. The van der Waals surface area contributed by atoms with E-state index in [0.717, 1.165) is 36.1 Å². The van der Waals surface area contributed by atoms with E-state index in [9.17, 15) is 13.2 Å². The van der Waals surface area contributed by atoms with Crippen molar-refractivity contribution in [2.24, 2.45) is 0 Å². The molecule has 4 rings (SSSR count). The van der Waals surface area contributed by atoms with Crippen molar-refractivity contribution in [2.45, 2.75) is 43.5 Å². The average Bonchev–Trinajstić information content (AvgIpc) is 3.11. The van der Waals surface area contributed by atoms with Crippen molar-refractivity contribution < 1.29 is 22.7 Å². The van der Waals surface area contributed by atoms with Crippen LogP contribution in [0.5, 0.6) is 11.5 Å². The molecule has 2 aliphatic rings. The van der Waals surface area contributed by atoms with Crippen molar-refractivity contribution in [3.63, 3.8) is 0 Å². The summed E-state index contributed by atoms with van der Waals surface area (Å²) in [5.41, 5.74) is 2.01. The fraction of sp³-hybridized carbons (Fsp3) is 0.435. The first-order valence-corrected chi connectivity index (χ1v) is 12.1. The Hall–Kier alpha value is -2.54. The molecule has 0 bridgehead atoms. The second-order valence-electron chi connectivity index (χ2n) is 7.88. The molecule has 7 heteroatoms. The van der Waals surface area contributed by atoms with Crippen molar-refractivity contribution in [2.75, 3.05) is 25.5 Å². The third-order valence-corrected chi connectivity index (χ3v) is 7.43. The second kappa shape index (κ2) is 8.68. The van der Waals surface area contributed by atoms with Crippen molar-refractivity contribution in [3.8, 4) is 11.5 Å². The third kappa shape index (κ3) is 4.46. The van der Waals surface area contributed by atoms with Gasteiger partial charge in [-0.1, -0.05) is 23.8 Å². The topological polar surface area (TPSA) is 72.9 Å². The monoisotopic (exact) mass is 429 g/mol. The van der Waals surface area contributed by atoms with Gasteiger partial charge in [-0.3, -0.25) is 4.79 Å². The average molecular weight is 430 g/mol. The number of sulfone groups is 1. The summed E-state index contributed by atoms with van der Waals surface area (Å²) in [6.07, 6.45) is 2.58. The zero-order valence-corrected chi connectivity index (χ0v) is 18.0. The maximum Gasteiger partial charge on any atom is 0.224 e. The molecule has 2 aromatic rings. The lowest BCUT2D eigenvalue weighted by Crippen LogP contribution is -2.31. The number of rotatable bonds is 5. The summed E-state index contributed by atoms with van der Waals surface area (Å²) in [7, 11) is -3.48. The van der Waals surface area contributed by atoms with Crippen LogP contribution in [0.2, 0.25) is 0 Å². The number of fused-ring (bicyclic) bond motifs is 1. The Morgan fingerprint density at radius 3 is 2.53 bits per heavy atom. The van der Waals surface area contributed by atoms with Crippen molar-refractivity contribution in [3.05, 3.63) is 53.6 Å².